The molecule has 17 heavy (non-hydrogen) atoms. The lowest BCUT2D eigenvalue weighted by Crippen LogP contribution is -2.33. The van der Waals surface area contributed by atoms with Crippen LogP contribution in [0.4, 0.5) is 8.78 Å². The van der Waals surface area contributed by atoms with Gasteiger partial charge in [-0.25, -0.2) is 8.78 Å². The Bertz CT molecular complexity index is 416. The number of hydrogen-bond donors (Lipinski definition) is 1. The maximum Gasteiger partial charge on any atom is 0.322 e. The average Bonchev–Trinajstić information content (AvgIpc) is 2.76. The molecular formula is C12H13F2NO2. The van der Waals surface area contributed by atoms with Crippen molar-refractivity contribution in [2.75, 3.05) is 7.11 Å². The third kappa shape index (κ3) is 2.61. The fraction of sp³-hybridized carbons (Fsp3) is 0.417. The van der Waals surface area contributed by atoms with Crippen LogP contribution in [0.25, 0.3) is 0 Å². The second kappa shape index (κ2) is 4.79. The van der Waals surface area contributed by atoms with Gasteiger partial charge in [-0.3, -0.25) is 10.1 Å². The van der Waals surface area contributed by atoms with E-state index < -0.39 is 17.7 Å². The lowest BCUT2D eigenvalue weighted by molar-refractivity contribution is -0.142. The molecule has 2 atom stereocenters. The summed E-state index contributed by atoms with van der Waals surface area (Å²) in [5.41, 5.74) is 0.522. The monoisotopic (exact) mass is 241 g/mol. The molecule has 92 valence electrons. The van der Waals surface area contributed by atoms with Gasteiger partial charge in [0, 0.05) is 12.1 Å². The Morgan fingerprint density at radius 1 is 1.29 bits per heavy atom. The van der Waals surface area contributed by atoms with Crippen LogP contribution in [0.2, 0.25) is 0 Å². The first-order chi connectivity index (χ1) is 8.10. The highest BCUT2D eigenvalue weighted by molar-refractivity contribution is 5.76. The first-order valence-corrected chi connectivity index (χ1v) is 5.40. The number of esters is 1. The van der Waals surface area contributed by atoms with Gasteiger partial charge in [0.25, 0.3) is 0 Å². The van der Waals surface area contributed by atoms with Crippen molar-refractivity contribution >= 4 is 5.97 Å². The van der Waals surface area contributed by atoms with Crippen molar-refractivity contribution in [2.45, 2.75) is 24.9 Å². The van der Waals surface area contributed by atoms with Crippen LogP contribution in [0.3, 0.4) is 0 Å². The number of benzene rings is 1. The largest absolute Gasteiger partial charge is 0.468 e. The molecule has 1 aromatic carbocycles. The quantitative estimate of drug-likeness (QED) is 0.804. The summed E-state index contributed by atoms with van der Waals surface area (Å²) >= 11 is 0. The van der Waals surface area contributed by atoms with Crippen LogP contribution in [-0.2, 0) is 9.53 Å². The third-order valence-electron chi connectivity index (χ3n) is 2.92. The van der Waals surface area contributed by atoms with Crippen molar-refractivity contribution in [3.8, 4) is 0 Å². The number of rotatable bonds is 2. The lowest BCUT2D eigenvalue weighted by Gasteiger charge is -2.13. The van der Waals surface area contributed by atoms with E-state index in [0.29, 0.717) is 18.4 Å². The molecule has 1 aromatic rings. The van der Waals surface area contributed by atoms with Crippen LogP contribution in [0.15, 0.2) is 18.2 Å². The topological polar surface area (TPSA) is 38.3 Å². The van der Waals surface area contributed by atoms with E-state index in [9.17, 15) is 13.6 Å². The first kappa shape index (κ1) is 12.0. The number of carbonyl (C=O) groups excluding carboxylic acids is 1. The molecule has 0 unspecified atom stereocenters. The number of hydrogen-bond acceptors (Lipinski definition) is 3. The molecule has 0 bridgehead atoms. The van der Waals surface area contributed by atoms with Gasteiger partial charge in [-0.15, -0.1) is 0 Å². The molecule has 1 aliphatic rings. The second-order valence-electron chi connectivity index (χ2n) is 4.08. The second-order valence-corrected chi connectivity index (χ2v) is 4.08. The van der Waals surface area contributed by atoms with Crippen molar-refractivity contribution < 1.29 is 18.3 Å². The zero-order valence-corrected chi connectivity index (χ0v) is 9.37. The first-order valence-electron chi connectivity index (χ1n) is 5.40. The van der Waals surface area contributed by atoms with Crippen LogP contribution in [0.5, 0.6) is 0 Å². The summed E-state index contributed by atoms with van der Waals surface area (Å²) in [7, 11) is 1.32. The number of methoxy groups -OCH3 is 1. The van der Waals surface area contributed by atoms with Gasteiger partial charge in [-0.1, -0.05) is 0 Å². The molecule has 0 saturated carbocycles. The number of ether oxygens (including phenoxy) is 1. The van der Waals surface area contributed by atoms with Crippen LogP contribution < -0.4 is 5.32 Å². The predicted molar refractivity (Wildman–Crippen MR) is 57.3 cm³/mol. The Labute approximate surface area is 97.8 Å². The zero-order chi connectivity index (χ0) is 12.4. The van der Waals surface area contributed by atoms with Gasteiger partial charge in [0.05, 0.1) is 7.11 Å². The van der Waals surface area contributed by atoms with E-state index >= 15 is 0 Å². The SMILES string of the molecule is COC(=O)[C@@H]1CC[C@H](c2cc(F)cc(F)c2)N1. The number of carbonyl (C=O) groups is 1. The Morgan fingerprint density at radius 2 is 1.94 bits per heavy atom. The van der Waals surface area contributed by atoms with Crippen molar-refractivity contribution in [3.63, 3.8) is 0 Å². The number of halogens is 2. The van der Waals surface area contributed by atoms with Crippen LogP contribution in [0.1, 0.15) is 24.4 Å². The summed E-state index contributed by atoms with van der Waals surface area (Å²) in [5.74, 6) is -1.56. The van der Waals surface area contributed by atoms with Gasteiger partial charge in [0.2, 0.25) is 0 Å². The summed E-state index contributed by atoms with van der Waals surface area (Å²) < 4.78 is 30.7. The van der Waals surface area contributed by atoms with Crippen molar-refractivity contribution in [1.29, 1.82) is 0 Å². The van der Waals surface area contributed by atoms with E-state index in [1.54, 1.807) is 0 Å². The minimum atomic E-state index is -0.608. The van der Waals surface area contributed by atoms with Crippen molar-refractivity contribution in [1.82, 2.24) is 5.32 Å². The minimum Gasteiger partial charge on any atom is -0.468 e. The number of nitrogens with one attached hydrogen (secondary N) is 1. The Morgan fingerprint density at radius 3 is 2.53 bits per heavy atom. The van der Waals surface area contributed by atoms with Crippen LogP contribution in [-0.4, -0.2) is 19.1 Å². The van der Waals surface area contributed by atoms with Crippen molar-refractivity contribution in [3.05, 3.63) is 35.4 Å². The highest BCUT2D eigenvalue weighted by Gasteiger charge is 2.30. The molecule has 1 N–H and O–H groups in total. The van der Waals surface area contributed by atoms with Crippen molar-refractivity contribution in [2.24, 2.45) is 0 Å². The standard InChI is InChI=1S/C12H13F2NO2/c1-17-12(16)11-3-2-10(15-11)7-4-8(13)6-9(14)5-7/h4-6,10-11,15H,2-3H2,1H3/t10-,11+/m1/s1. The highest BCUT2D eigenvalue weighted by Crippen LogP contribution is 2.27. The minimum absolute atomic E-state index is 0.204. The van der Waals surface area contributed by atoms with Gasteiger partial charge in [-0.2, -0.15) is 0 Å². The maximum atomic E-state index is 13.0. The zero-order valence-electron chi connectivity index (χ0n) is 9.37. The van der Waals surface area contributed by atoms with E-state index in [2.05, 4.69) is 10.1 Å². The van der Waals surface area contributed by atoms with Gasteiger partial charge >= 0.3 is 5.97 Å². The van der Waals surface area contributed by atoms with E-state index in [1.807, 2.05) is 0 Å². The Kier molecular flexibility index (Phi) is 3.38. The summed E-state index contributed by atoms with van der Waals surface area (Å²) in [6.45, 7) is 0. The molecule has 3 nitrogen and oxygen atoms in total. The summed E-state index contributed by atoms with van der Waals surface area (Å²) in [4.78, 5) is 11.3. The molecule has 0 spiro atoms. The molecule has 0 radical (unpaired) electrons. The fourth-order valence-electron chi connectivity index (χ4n) is 2.11. The average molecular weight is 241 g/mol. The van der Waals surface area contributed by atoms with E-state index in [1.165, 1.54) is 19.2 Å². The molecule has 1 fully saturated rings. The highest BCUT2D eigenvalue weighted by atomic mass is 19.1. The van der Waals surface area contributed by atoms with Gasteiger partial charge in [0.15, 0.2) is 0 Å². The lowest BCUT2D eigenvalue weighted by atomic mass is 10.1. The summed E-state index contributed by atoms with van der Waals surface area (Å²) in [6, 6.07) is 2.79. The van der Waals surface area contributed by atoms with E-state index in [4.69, 9.17) is 0 Å². The van der Waals surface area contributed by atoms with E-state index in [0.717, 1.165) is 6.07 Å². The molecule has 2 rings (SSSR count). The molecular weight excluding hydrogens is 228 g/mol. The molecule has 1 saturated heterocycles. The smallest absolute Gasteiger partial charge is 0.322 e. The van der Waals surface area contributed by atoms with Gasteiger partial charge in [0.1, 0.15) is 17.7 Å². The molecule has 0 aromatic heterocycles. The summed E-state index contributed by atoms with van der Waals surface area (Å²) in [5, 5.41) is 3.00. The molecule has 0 amide bonds. The fourth-order valence-corrected chi connectivity index (χ4v) is 2.11. The molecule has 0 aliphatic carbocycles. The maximum absolute atomic E-state index is 13.0. The van der Waals surface area contributed by atoms with Crippen LogP contribution >= 0.6 is 0 Å². The van der Waals surface area contributed by atoms with Gasteiger partial charge in [-0.05, 0) is 30.5 Å². The molecule has 5 heteroatoms. The molecule has 1 heterocycles. The van der Waals surface area contributed by atoms with E-state index in [-0.39, 0.29) is 12.0 Å². The van der Waals surface area contributed by atoms with Crippen LogP contribution in [0, 0.1) is 11.6 Å². The predicted octanol–water partition coefficient (Wildman–Crippen LogP) is 1.93. The van der Waals surface area contributed by atoms with Gasteiger partial charge < -0.3 is 4.74 Å². The summed E-state index contributed by atoms with van der Waals surface area (Å²) in [6.07, 6.45) is 1.26. The Hall–Kier alpha value is -1.49. The Balaban J connectivity index is 2.12. The third-order valence-corrected chi connectivity index (χ3v) is 2.92. The normalized spacial score (nSPS) is 23.7. The molecule has 1 aliphatic heterocycles.